The van der Waals surface area contributed by atoms with Crippen molar-refractivity contribution < 1.29 is 9.53 Å². The normalized spacial score (nSPS) is 15.8. The summed E-state index contributed by atoms with van der Waals surface area (Å²) in [5.74, 6) is 0.826. The lowest BCUT2D eigenvalue weighted by molar-refractivity contribution is 0.182. The van der Waals surface area contributed by atoms with Gasteiger partial charge in [-0.3, -0.25) is 0 Å². The Hall–Kier alpha value is -2.92. The fourth-order valence-electron chi connectivity index (χ4n) is 3.63. The number of anilines is 1. The number of urea groups is 1. The number of carbonyl (C=O) groups is 1. The molecule has 1 N–H and O–H groups in total. The van der Waals surface area contributed by atoms with Crippen molar-refractivity contribution in [2.45, 2.75) is 19.5 Å². The molecule has 0 unspecified atom stereocenters. The molecule has 2 heterocycles. The summed E-state index contributed by atoms with van der Waals surface area (Å²) < 4.78 is 7.76. The summed E-state index contributed by atoms with van der Waals surface area (Å²) in [5.41, 5.74) is 2.82. The van der Waals surface area contributed by atoms with E-state index in [1.165, 1.54) is 0 Å². The van der Waals surface area contributed by atoms with Crippen LogP contribution >= 0.6 is 11.6 Å². The van der Waals surface area contributed by atoms with Crippen molar-refractivity contribution in [2.24, 2.45) is 0 Å². The van der Waals surface area contributed by atoms with Gasteiger partial charge in [0.2, 0.25) is 0 Å². The highest BCUT2D eigenvalue weighted by molar-refractivity contribution is 6.30. The number of rotatable bonds is 4. The molecule has 0 saturated carbocycles. The summed E-state index contributed by atoms with van der Waals surface area (Å²) in [6.45, 7) is 3.97. The maximum Gasteiger partial charge on any atom is 0.322 e. The van der Waals surface area contributed by atoms with Crippen LogP contribution in [0.4, 0.5) is 10.5 Å². The van der Waals surface area contributed by atoms with Gasteiger partial charge in [-0.25, -0.2) is 4.79 Å². The molecule has 2 aromatic carbocycles. The molecule has 1 aromatic heterocycles. The number of amides is 2. The van der Waals surface area contributed by atoms with Crippen molar-refractivity contribution in [3.63, 3.8) is 0 Å². The molecule has 1 aliphatic heterocycles. The minimum atomic E-state index is -0.168. The molecule has 0 saturated heterocycles. The van der Waals surface area contributed by atoms with Crippen LogP contribution in [0.15, 0.2) is 66.9 Å². The molecular formula is C22H22ClN3O2. The molecule has 0 aliphatic carbocycles. The molecule has 5 nitrogen and oxygen atoms in total. The molecule has 2 amide bonds. The van der Waals surface area contributed by atoms with Crippen LogP contribution in [0.1, 0.15) is 24.2 Å². The number of hydrogen-bond acceptors (Lipinski definition) is 2. The Morgan fingerprint density at radius 3 is 2.71 bits per heavy atom. The minimum Gasteiger partial charge on any atom is -0.494 e. The molecule has 0 radical (unpaired) electrons. The van der Waals surface area contributed by atoms with E-state index in [-0.39, 0.29) is 12.1 Å². The first-order valence-corrected chi connectivity index (χ1v) is 9.74. The zero-order chi connectivity index (χ0) is 19.5. The molecule has 28 heavy (non-hydrogen) atoms. The quantitative estimate of drug-likeness (QED) is 0.661. The monoisotopic (exact) mass is 395 g/mol. The van der Waals surface area contributed by atoms with Crippen LogP contribution in [0.25, 0.3) is 0 Å². The van der Waals surface area contributed by atoms with Crippen LogP contribution < -0.4 is 10.1 Å². The molecule has 144 valence electrons. The third-order valence-electron chi connectivity index (χ3n) is 4.88. The van der Waals surface area contributed by atoms with Crippen LogP contribution in [0, 0.1) is 0 Å². The zero-order valence-corrected chi connectivity index (χ0v) is 16.4. The highest BCUT2D eigenvalue weighted by atomic mass is 35.5. The lowest BCUT2D eigenvalue weighted by Gasteiger charge is -2.37. The first kappa shape index (κ1) is 18.4. The number of halogens is 1. The molecule has 0 spiro atoms. The highest BCUT2D eigenvalue weighted by Gasteiger charge is 2.32. The van der Waals surface area contributed by atoms with Crippen LogP contribution in [0.3, 0.4) is 0 Å². The Morgan fingerprint density at radius 1 is 1.14 bits per heavy atom. The van der Waals surface area contributed by atoms with Crippen molar-refractivity contribution in [1.82, 2.24) is 9.47 Å². The van der Waals surface area contributed by atoms with E-state index in [4.69, 9.17) is 16.3 Å². The van der Waals surface area contributed by atoms with Crippen molar-refractivity contribution in [3.05, 3.63) is 83.1 Å². The van der Waals surface area contributed by atoms with Gasteiger partial charge in [0, 0.05) is 35.7 Å². The van der Waals surface area contributed by atoms with Crippen LogP contribution in [0.5, 0.6) is 5.75 Å². The van der Waals surface area contributed by atoms with Gasteiger partial charge in [-0.05, 0) is 55.0 Å². The van der Waals surface area contributed by atoms with E-state index in [0.717, 1.165) is 23.6 Å². The van der Waals surface area contributed by atoms with Crippen molar-refractivity contribution in [1.29, 1.82) is 0 Å². The van der Waals surface area contributed by atoms with Crippen molar-refractivity contribution in [3.8, 4) is 5.75 Å². The maximum absolute atomic E-state index is 13.1. The molecule has 0 fully saturated rings. The fourth-order valence-corrected chi connectivity index (χ4v) is 3.82. The van der Waals surface area contributed by atoms with Crippen LogP contribution in [0.2, 0.25) is 5.02 Å². The number of ether oxygens (including phenoxy) is 1. The second-order valence-corrected chi connectivity index (χ2v) is 7.10. The molecule has 6 heteroatoms. The van der Waals surface area contributed by atoms with Gasteiger partial charge in [0.05, 0.1) is 12.6 Å². The van der Waals surface area contributed by atoms with Gasteiger partial charge in [0.25, 0.3) is 0 Å². The molecular weight excluding hydrogens is 374 g/mol. The predicted octanol–water partition coefficient (Wildman–Crippen LogP) is 5.18. The summed E-state index contributed by atoms with van der Waals surface area (Å²) in [7, 11) is 0. The first-order chi connectivity index (χ1) is 13.7. The second-order valence-electron chi connectivity index (χ2n) is 6.66. The summed E-state index contributed by atoms with van der Waals surface area (Å²) in [6.07, 6.45) is 2.06. The van der Waals surface area contributed by atoms with E-state index in [1.807, 2.05) is 54.3 Å². The van der Waals surface area contributed by atoms with Gasteiger partial charge in [0.15, 0.2) is 0 Å². The maximum atomic E-state index is 13.1. The Balaban J connectivity index is 1.64. The van der Waals surface area contributed by atoms with Crippen molar-refractivity contribution >= 4 is 23.3 Å². The Labute approximate surface area is 169 Å². The lowest BCUT2D eigenvalue weighted by Crippen LogP contribution is -2.44. The van der Waals surface area contributed by atoms with E-state index in [1.54, 1.807) is 12.1 Å². The first-order valence-electron chi connectivity index (χ1n) is 9.36. The second kappa shape index (κ2) is 7.98. The minimum absolute atomic E-state index is 0.145. The lowest BCUT2D eigenvalue weighted by atomic mass is 10.00. The van der Waals surface area contributed by atoms with Gasteiger partial charge in [-0.15, -0.1) is 0 Å². The molecule has 1 atom stereocenters. The number of hydrogen-bond donors (Lipinski definition) is 1. The Bertz CT molecular complexity index is 968. The number of nitrogens with zero attached hydrogens (tertiary/aromatic N) is 2. The van der Waals surface area contributed by atoms with Crippen molar-refractivity contribution in [2.75, 3.05) is 18.5 Å². The summed E-state index contributed by atoms with van der Waals surface area (Å²) in [5, 5.41) is 3.57. The van der Waals surface area contributed by atoms with Gasteiger partial charge in [0.1, 0.15) is 5.75 Å². The van der Waals surface area contributed by atoms with Crippen LogP contribution in [-0.4, -0.2) is 28.6 Å². The largest absolute Gasteiger partial charge is 0.494 e. The average molecular weight is 396 g/mol. The summed E-state index contributed by atoms with van der Waals surface area (Å²) in [6, 6.07) is 18.9. The topological polar surface area (TPSA) is 46.5 Å². The zero-order valence-electron chi connectivity index (χ0n) is 15.6. The third-order valence-corrected chi connectivity index (χ3v) is 5.12. The van der Waals surface area contributed by atoms with E-state index in [9.17, 15) is 4.79 Å². The number of fused-ring (bicyclic) bond motifs is 1. The Morgan fingerprint density at radius 2 is 1.96 bits per heavy atom. The van der Waals surface area contributed by atoms with Gasteiger partial charge < -0.3 is 19.5 Å². The van der Waals surface area contributed by atoms with Gasteiger partial charge >= 0.3 is 6.03 Å². The van der Waals surface area contributed by atoms with E-state index < -0.39 is 0 Å². The average Bonchev–Trinajstić information content (AvgIpc) is 3.17. The molecule has 4 rings (SSSR count). The number of carbonyl (C=O) groups excluding carboxylic acids is 1. The SMILES string of the molecule is CCOc1ccc([C@@H]2c3cccn3CCN2C(=O)Nc2cccc(Cl)c2)cc1. The molecule has 1 aliphatic rings. The third kappa shape index (κ3) is 3.71. The van der Waals surface area contributed by atoms with Gasteiger partial charge in [-0.1, -0.05) is 29.8 Å². The van der Waals surface area contributed by atoms with Crippen LogP contribution in [-0.2, 0) is 6.54 Å². The van der Waals surface area contributed by atoms with E-state index in [2.05, 4.69) is 22.1 Å². The predicted molar refractivity (Wildman–Crippen MR) is 111 cm³/mol. The number of benzene rings is 2. The molecule has 3 aromatic rings. The highest BCUT2D eigenvalue weighted by Crippen LogP contribution is 2.33. The summed E-state index contributed by atoms with van der Waals surface area (Å²) in [4.78, 5) is 15.0. The standard InChI is InChI=1S/C22H22ClN3O2/c1-2-28-19-10-8-16(9-11-19)21-20-7-4-12-25(20)13-14-26(21)22(27)24-18-6-3-5-17(23)15-18/h3-12,15,21H,2,13-14H2,1H3,(H,24,27)/t21-/m1/s1. The molecule has 0 bridgehead atoms. The van der Waals surface area contributed by atoms with Gasteiger partial charge in [-0.2, -0.15) is 0 Å². The van der Waals surface area contributed by atoms with E-state index in [0.29, 0.717) is 23.9 Å². The number of nitrogens with one attached hydrogen (secondary N) is 1. The smallest absolute Gasteiger partial charge is 0.322 e. The number of aromatic nitrogens is 1. The summed E-state index contributed by atoms with van der Waals surface area (Å²) >= 11 is 6.05. The Kier molecular flexibility index (Phi) is 5.26. The fraction of sp³-hybridized carbons (Fsp3) is 0.227. The van der Waals surface area contributed by atoms with E-state index >= 15 is 0 Å².